The first-order chi connectivity index (χ1) is 8.79. The second kappa shape index (κ2) is 6.59. The van der Waals surface area contributed by atoms with Gasteiger partial charge in [-0.1, -0.05) is 6.08 Å². The van der Waals surface area contributed by atoms with Gasteiger partial charge >= 0.3 is 0 Å². The number of hydrogen-bond acceptors (Lipinski definition) is 3. The van der Waals surface area contributed by atoms with E-state index in [1.807, 2.05) is 18.5 Å². The number of nitrogens with zero attached hydrogens (tertiary/aromatic N) is 3. The molecule has 1 aliphatic heterocycles. The molecule has 18 heavy (non-hydrogen) atoms. The average molecular weight is 248 g/mol. The van der Waals surface area contributed by atoms with E-state index in [-0.39, 0.29) is 0 Å². The van der Waals surface area contributed by atoms with Gasteiger partial charge in [0, 0.05) is 25.5 Å². The van der Waals surface area contributed by atoms with Crippen LogP contribution in [0, 0.1) is 5.92 Å². The summed E-state index contributed by atoms with van der Waals surface area (Å²) in [6, 6.07) is 0. The van der Waals surface area contributed by atoms with Crippen LogP contribution in [-0.2, 0) is 6.54 Å². The molecule has 0 amide bonds. The summed E-state index contributed by atoms with van der Waals surface area (Å²) >= 11 is 0. The Morgan fingerprint density at radius 2 is 2.28 bits per heavy atom. The van der Waals surface area contributed by atoms with Crippen LogP contribution in [0.5, 0.6) is 0 Å². The van der Waals surface area contributed by atoms with E-state index in [9.17, 15) is 0 Å². The fraction of sp³-hybridized carbons (Fsp3) is 0.643. The molecule has 0 aliphatic carbocycles. The summed E-state index contributed by atoms with van der Waals surface area (Å²) in [6.07, 6.45) is 9.62. The second-order valence-electron chi connectivity index (χ2n) is 5.15. The van der Waals surface area contributed by atoms with Crippen LogP contribution in [-0.4, -0.2) is 41.1 Å². The number of imidazole rings is 1. The first-order valence-electron chi connectivity index (χ1n) is 6.84. The van der Waals surface area contributed by atoms with Crippen molar-refractivity contribution < 1.29 is 0 Å². The highest BCUT2D eigenvalue weighted by atomic mass is 15.2. The van der Waals surface area contributed by atoms with Gasteiger partial charge in [-0.2, -0.15) is 0 Å². The van der Waals surface area contributed by atoms with E-state index in [0.29, 0.717) is 0 Å². The highest BCUT2D eigenvalue weighted by molar-refractivity contribution is 5.25. The maximum Gasteiger partial charge on any atom is 0.203 e. The Balaban J connectivity index is 1.71. The SMILES string of the molecule is C=CCn1ccnc1NCCC1CCN(C)CC1. The lowest BCUT2D eigenvalue weighted by molar-refractivity contribution is 0.215. The molecule has 0 unspecified atom stereocenters. The summed E-state index contributed by atoms with van der Waals surface area (Å²) in [5, 5.41) is 3.43. The van der Waals surface area contributed by atoms with Gasteiger partial charge in [0.15, 0.2) is 0 Å². The number of aromatic nitrogens is 2. The molecule has 0 radical (unpaired) electrons. The lowest BCUT2D eigenvalue weighted by Gasteiger charge is -2.28. The number of piperidine rings is 1. The molecule has 1 aromatic rings. The summed E-state index contributed by atoms with van der Waals surface area (Å²) in [5.74, 6) is 1.83. The zero-order valence-electron chi connectivity index (χ0n) is 11.3. The van der Waals surface area contributed by atoms with Crippen LogP contribution >= 0.6 is 0 Å². The standard InChI is InChI=1S/C14H24N4/c1-3-9-18-12-8-16-14(18)15-7-4-13-5-10-17(2)11-6-13/h3,8,12-13H,1,4-7,9-11H2,2H3,(H,15,16). The van der Waals surface area contributed by atoms with Crippen LogP contribution in [0.3, 0.4) is 0 Å². The van der Waals surface area contributed by atoms with E-state index in [4.69, 9.17) is 0 Å². The number of likely N-dealkylation sites (tertiary alicyclic amines) is 1. The molecule has 100 valence electrons. The van der Waals surface area contributed by atoms with Crippen molar-refractivity contribution in [3.05, 3.63) is 25.0 Å². The summed E-state index contributed by atoms with van der Waals surface area (Å²) in [6.45, 7) is 8.08. The number of allylic oxidation sites excluding steroid dienone is 1. The lowest BCUT2D eigenvalue weighted by atomic mass is 9.94. The zero-order chi connectivity index (χ0) is 12.8. The Morgan fingerprint density at radius 3 is 3.00 bits per heavy atom. The van der Waals surface area contributed by atoms with Gasteiger partial charge in [-0.25, -0.2) is 4.98 Å². The highest BCUT2D eigenvalue weighted by Crippen LogP contribution is 2.19. The molecule has 4 nitrogen and oxygen atoms in total. The Labute approximate surface area is 110 Å². The number of rotatable bonds is 6. The van der Waals surface area contributed by atoms with Crippen LogP contribution in [0.25, 0.3) is 0 Å². The molecule has 1 fully saturated rings. The second-order valence-corrected chi connectivity index (χ2v) is 5.15. The smallest absolute Gasteiger partial charge is 0.203 e. The van der Waals surface area contributed by atoms with E-state index < -0.39 is 0 Å². The van der Waals surface area contributed by atoms with Gasteiger partial charge in [0.05, 0.1) is 0 Å². The van der Waals surface area contributed by atoms with Gasteiger partial charge in [0.1, 0.15) is 0 Å². The Morgan fingerprint density at radius 1 is 1.50 bits per heavy atom. The van der Waals surface area contributed by atoms with E-state index in [1.165, 1.54) is 32.4 Å². The molecule has 0 bridgehead atoms. The largest absolute Gasteiger partial charge is 0.356 e. The molecule has 2 rings (SSSR count). The molecular formula is C14H24N4. The number of hydrogen-bond donors (Lipinski definition) is 1. The third kappa shape index (κ3) is 3.60. The molecule has 0 aromatic carbocycles. The maximum atomic E-state index is 4.33. The number of nitrogens with one attached hydrogen (secondary N) is 1. The molecule has 0 spiro atoms. The predicted octanol–water partition coefficient (Wildman–Crippen LogP) is 2.21. The summed E-state index contributed by atoms with van der Waals surface area (Å²) in [4.78, 5) is 6.74. The van der Waals surface area contributed by atoms with Gasteiger partial charge < -0.3 is 14.8 Å². The Hall–Kier alpha value is -1.29. The summed E-state index contributed by atoms with van der Waals surface area (Å²) in [7, 11) is 2.21. The summed E-state index contributed by atoms with van der Waals surface area (Å²) in [5.41, 5.74) is 0. The third-order valence-corrected chi connectivity index (χ3v) is 3.72. The van der Waals surface area contributed by atoms with Gasteiger partial charge in [-0.15, -0.1) is 6.58 Å². The minimum absolute atomic E-state index is 0.816. The van der Waals surface area contributed by atoms with Crippen molar-refractivity contribution in [2.75, 3.05) is 32.0 Å². The monoisotopic (exact) mass is 248 g/mol. The first kappa shape index (κ1) is 13.1. The lowest BCUT2D eigenvalue weighted by Crippen LogP contribution is -2.31. The van der Waals surface area contributed by atoms with Crippen LogP contribution in [0.15, 0.2) is 25.0 Å². The number of anilines is 1. The van der Waals surface area contributed by atoms with Gasteiger partial charge in [-0.3, -0.25) is 0 Å². The molecule has 1 saturated heterocycles. The quantitative estimate of drug-likeness (QED) is 0.784. The fourth-order valence-electron chi connectivity index (χ4n) is 2.50. The van der Waals surface area contributed by atoms with Crippen molar-refractivity contribution >= 4 is 5.95 Å². The van der Waals surface area contributed by atoms with Crippen LogP contribution in [0.4, 0.5) is 5.95 Å². The normalized spacial score (nSPS) is 17.8. The minimum atomic E-state index is 0.816. The first-order valence-corrected chi connectivity index (χ1v) is 6.84. The van der Waals surface area contributed by atoms with Crippen LogP contribution in [0.1, 0.15) is 19.3 Å². The van der Waals surface area contributed by atoms with Crippen molar-refractivity contribution in [1.82, 2.24) is 14.5 Å². The third-order valence-electron chi connectivity index (χ3n) is 3.72. The van der Waals surface area contributed by atoms with Crippen molar-refractivity contribution in [2.24, 2.45) is 5.92 Å². The maximum absolute atomic E-state index is 4.33. The minimum Gasteiger partial charge on any atom is -0.356 e. The van der Waals surface area contributed by atoms with Crippen molar-refractivity contribution in [3.63, 3.8) is 0 Å². The van der Waals surface area contributed by atoms with Crippen LogP contribution < -0.4 is 5.32 Å². The molecule has 1 N–H and O–H groups in total. The molecule has 1 aliphatic rings. The average Bonchev–Trinajstić information content (AvgIpc) is 2.80. The van der Waals surface area contributed by atoms with Gasteiger partial charge in [0.2, 0.25) is 5.95 Å². The Bertz CT molecular complexity index is 364. The Kier molecular flexibility index (Phi) is 4.81. The molecular weight excluding hydrogens is 224 g/mol. The molecule has 2 heterocycles. The molecule has 4 heteroatoms. The molecule has 0 atom stereocenters. The topological polar surface area (TPSA) is 33.1 Å². The molecule has 1 aromatic heterocycles. The van der Waals surface area contributed by atoms with E-state index in [2.05, 4.69) is 33.4 Å². The predicted molar refractivity (Wildman–Crippen MR) is 75.8 cm³/mol. The molecule has 0 saturated carbocycles. The van der Waals surface area contributed by atoms with Crippen molar-refractivity contribution in [2.45, 2.75) is 25.8 Å². The van der Waals surface area contributed by atoms with Gasteiger partial charge in [0.25, 0.3) is 0 Å². The van der Waals surface area contributed by atoms with Crippen molar-refractivity contribution in [3.8, 4) is 0 Å². The fourth-order valence-corrected chi connectivity index (χ4v) is 2.50. The van der Waals surface area contributed by atoms with E-state index in [0.717, 1.165) is 25.0 Å². The van der Waals surface area contributed by atoms with Crippen LogP contribution in [0.2, 0.25) is 0 Å². The summed E-state index contributed by atoms with van der Waals surface area (Å²) < 4.78 is 2.08. The van der Waals surface area contributed by atoms with Gasteiger partial charge in [-0.05, 0) is 45.3 Å². The van der Waals surface area contributed by atoms with E-state index in [1.54, 1.807) is 0 Å². The highest BCUT2D eigenvalue weighted by Gasteiger charge is 2.16. The van der Waals surface area contributed by atoms with E-state index >= 15 is 0 Å². The zero-order valence-corrected chi connectivity index (χ0v) is 11.3. The van der Waals surface area contributed by atoms with Crippen molar-refractivity contribution in [1.29, 1.82) is 0 Å².